The van der Waals surface area contributed by atoms with E-state index >= 15 is 0 Å². The lowest BCUT2D eigenvalue weighted by molar-refractivity contribution is 0.0927. The Labute approximate surface area is 144 Å². The number of carbonyl (C=O) groups is 1. The van der Waals surface area contributed by atoms with Crippen LogP contribution in [0.4, 0.5) is 0 Å². The summed E-state index contributed by atoms with van der Waals surface area (Å²) < 4.78 is 32.0. The molecule has 0 radical (unpaired) electrons. The minimum atomic E-state index is -3.61. The van der Waals surface area contributed by atoms with Gasteiger partial charge >= 0.3 is 0 Å². The van der Waals surface area contributed by atoms with E-state index in [0.29, 0.717) is 12.2 Å². The quantitative estimate of drug-likeness (QED) is 0.785. The molecule has 1 amide bonds. The SMILES string of the molecule is COC[C@H](C)NS(=O)(=O)c1ccc(C(=O)NC2CCCCC2)cc1. The fourth-order valence-corrected chi connectivity index (χ4v) is 4.15. The Bertz CT molecular complexity index is 637. The minimum Gasteiger partial charge on any atom is -0.383 e. The molecule has 7 heteroatoms. The Hall–Kier alpha value is -1.44. The number of amides is 1. The molecule has 2 rings (SSSR count). The second-order valence-corrected chi connectivity index (χ2v) is 8.02. The molecule has 1 aromatic rings. The number of methoxy groups -OCH3 is 1. The predicted molar refractivity (Wildman–Crippen MR) is 92.4 cm³/mol. The Morgan fingerprint density at radius 3 is 2.42 bits per heavy atom. The molecule has 6 nitrogen and oxygen atoms in total. The van der Waals surface area contributed by atoms with Crippen molar-refractivity contribution in [1.82, 2.24) is 10.0 Å². The summed E-state index contributed by atoms with van der Waals surface area (Å²) in [4.78, 5) is 12.4. The van der Waals surface area contributed by atoms with E-state index in [1.165, 1.54) is 25.7 Å². The number of rotatable bonds is 7. The van der Waals surface area contributed by atoms with Crippen molar-refractivity contribution in [2.45, 2.75) is 56.0 Å². The summed E-state index contributed by atoms with van der Waals surface area (Å²) in [6, 6.07) is 5.91. The van der Waals surface area contributed by atoms with Gasteiger partial charge in [0.1, 0.15) is 0 Å². The van der Waals surface area contributed by atoms with E-state index in [2.05, 4.69) is 10.0 Å². The molecule has 1 atom stereocenters. The van der Waals surface area contributed by atoms with E-state index in [1.54, 1.807) is 19.1 Å². The molecule has 1 fully saturated rings. The Morgan fingerprint density at radius 2 is 1.83 bits per heavy atom. The molecule has 0 aromatic heterocycles. The van der Waals surface area contributed by atoms with Crippen LogP contribution in [0.1, 0.15) is 49.4 Å². The van der Waals surface area contributed by atoms with E-state index in [-0.39, 0.29) is 22.9 Å². The van der Waals surface area contributed by atoms with Crippen LogP contribution < -0.4 is 10.0 Å². The maximum atomic E-state index is 12.2. The van der Waals surface area contributed by atoms with Crippen LogP contribution in [0.5, 0.6) is 0 Å². The molecule has 0 spiro atoms. The molecule has 1 aliphatic carbocycles. The summed E-state index contributed by atoms with van der Waals surface area (Å²) in [5.41, 5.74) is 0.476. The van der Waals surface area contributed by atoms with E-state index in [0.717, 1.165) is 25.7 Å². The molecule has 0 heterocycles. The maximum Gasteiger partial charge on any atom is 0.251 e. The van der Waals surface area contributed by atoms with Gasteiger partial charge in [0.2, 0.25) is 10.0 Å². The van der Waals surface area contributed by atoms with Crippen molar-refractivity contribution in [2.75, 3.05) is 13.7 Å². The molecule has 0 unspecified atom stereocenters. The molecular weight excluding hydrogens is 328 g/mol. The Balaban J connectivity index is 2.00. The largest absolute Gasteiger partial charge is 0.383 e. The maximum absolute atomic E-state index is 12.2. The fraction of sp³-hybridized carbons (Fsp3) is 0.588. The highest BCUT2D eigenvalue weighted by Crippen LogP contribution is 2.18. The summed E-state index contributed by atoms with van der Waals surface area (Å²) in [6.45, 7) is 2.02. The second-order valence-electron chi connectivity index (χ2n) is 6.31. The second kappa shape index (κ2) is 8.60. The number of benzene rings is 1. The number of hydrogen-bond donors (Lipinski definition) is 2. The van der Waals surface area contributed by atoms with Crippen molar-refractivity contribution >= 4 is 15.9 Å². The molecule has 1 saturated carbocycles. The van der Waals surface area contributed by atoms with Gasteiger partial charge in [0.05, 0.1) is 11.5 Å². The molecule has 0 saturated heterocycles. The van der Waals surface area contributed by atoms with Gasteiger partial charge in [-0.15, -0.1) is 0 Å². The highest BCUT2D eigenvalue weighted by molar-refractivity contribution is 7.89. The summed E-state index contributed by atoms with van der Waals surface area (Å²) in [7, 11) is -2.09. The molecule has 1 aromatic carbocycles. The number of hydrogen-bond acceptors (Lipinski definition) is 4. The van der Waals surface area contributed by atoms with Gasteiger partial charge in [-0.3, -0.25) is 4.79 Å². The van der Waals surface area contributed by atoms with Crippen molar-refractivity contribution in [3.63, 3.8) is 0 Å². The molecule has 0 aliphatic heterocycles. The summed E-state index contributed by atoms with van der Waals surface area (Å²) in [5, 5.41) is 3.02. The lowest BCUT2D eigenvalue weighted by Crippen LogP contribution is -2.36. The van der Waals surface area contributed by atoms with E-state index in [4.69, 9.17) is 4.74 Å². The molecule has 134 valence electrons. The highest BCUT2D eigenvalue weighted by Gasteiger charge is 2.19. The van der Waals surface area contributed by atoms with Crippen LogP contribution in [0.25, 0.3) is 0 Å². The third-order valence-electron chi connectivity index (χ3n) is 4.14. The van der Waals surface area contributed by atoms with Crippen LogP contribution in [0, 0.1) is 0 Å². The van der Waals surface area contributed by atoms with Crippen LogP contribution >= 0.6 is 0 Å². The zero-order chi connectivity index (χ0) is 17.6. The highest BCUT2D eigenvalue weighted by atomic mass is 32.2. The number of nitrogens with one attached hydrogen (secondary N) is 2. The Kier molecular flexibility index (Phi) is 6.77. The Morgan fingerprint density at radius 1 is 1.21 bits per heavy atom. The van der Waals surface area contributed by atoms with Gasteiger partial charge in [0.25, 0.3) is 5.91 Å². The number of carbonyl (C=O) groups excluding carboxylic acids is 1. The molecule has 1 aliphatic rings. The van der Waals surface area contributed by atoms with Gasteiger partial charge in [-0.05, 0) is 44.0 Å². The van der Waals surface area contributed by atoms with E-state index in [9.17, 15) is 13.2 Å². The molecule has 0 bridgehead atoms. The van der Waals surface area contributed by atoms with Crippen LogP contribution in [0.3, 0.4) is 0 Å². The topological polar surface area (TPSA) is 84.5 Å². The van der Waals surface area contributed by atoms with E-state index < -0.39 is 10.0 Å². The number of ether oxygens (including phenoxy) is 1. The van der Waals surface area contributed by atoms with Crippen LogP contribution in [-0.2, 0) is 14.8 Å². The van der Waals surface area contributed by atoms with Crippen molar-refractivity contribution in [2.24, 2.45) is 0 Å². The third kappa shape index (κ3) is 5.29. The van der Waals surface area contributed by atoms with Gasteiger partial charge in [0, 0.05) is 24.8 Å². The van der Waals surface area contributed by atoms with Crippen LogP contribution in [0.2, 0.25) is 0 Å². The van der Waals surface area contributed by atoms with Crippen molar-refractivity contribution < 1.29 is 17.9 Å². The average molecular weight is 354 g/mol. The average Bonchev–Trinajstić information content (AvgIpc) is 2.55. The van der Waals surface area contributed by atoms with Gasteiger partial charge in [0.15, 0.2) is 0 Å². The first-order valence-corrected chi connectivity index (χ1v) is 9.83. The van der Waals surface area contributed by atoms with Gasteiger partial charge in [-0.1, -0.05) is 19.3 Å². The fourth-order valence-electron chi connectivity index (χ4n) is 2.92. The smallest absolute Gasteiger partial charge is 0.251 e. The molecule has 24 heavy (non-hydrogen) atoms. The van der Waals surface area contributed by atoms with Crippen molar-refractivity contribution in [3.05, 3.63) is 29.8 Å². The zero-order valence-corrected chi connectivity index (χ0v) is 15.1. The first-order valence-electron chi connectivity index (χ1n) is 8.34. The van der Waals surface area contributed by atoms with Gasteiger partial charge in [-0.25, -0.2) is 13.1 Å². The zero-order valence-electron chi connectivity index (χ0n) is 14.2. The first kappa shape index (κ1) is 18.9. The summed E-state index contributed by atoms with van der Waals surface area (Å²) >= 11 is 0. The lowest BCUT2D eigenvalue weighted by Gasteiger charge is -2.22. The standard InChI is InChI=1S/C17H26N2O4S/c1-13(12-23-2)19-24(21,22)16-10-8-14(9-11-16)17(20)18-15-6-4-3-5-7-15/h8-11,13,15,19H,3-7,12H2,1-2H3,(H,18,20)/t13-/m0/s1. The van der Waals surface area contributed by atoms with Gasteiger partial charge in [-0.2, -0.15) is 0 Å². The van der Waals surface area contributed by atoms with Crippen LogP contribution in [-0.4, -0.2) is 40.1 Å². The van der Waals surface area contributed by atoms with Gasteiger partial charge < -0.3 is 10.1 Å². The minimum absolute atomic E-state index is 0.139. The normalized spacial score (nSPS) is 17.4. The summed E-state index contributed by atoms with van der Waals surface area (Å²) in [6.07, 6.45) is 5.55. The monoisotopic (exact) mass is 354 g/mol. The predicted octanol–water partition coefficient (Wildman–Crippen LogP) is 2.06. The number of sulfonamides is 1. The summed E-state index contributed by atoms with van der Waals surface area (Å²) in [5.74, 6) is -0.147. The third-order valence-corrected chi connectivity index (χ3v) is 5.75. The lowest BCUT2D eigenvalue weighted by atomic mass is 9.95. The first-order chi connectivity index (χ1) is 11.4. The molecular formula is C17H26N2O4S. The van der Waals surface area contributed by atoms with E-state index in [1.807, 2.05) is 0 Å². The van der Waals surface area contributed by atoms with Crippen molar-refractivity contribution in [1.29, 1.82) is 0 Å². The molecule has 2 N–H and O–H groups in total. The van der Waals surface area contributed by atoms with Crippen LogP contribution in [0.15, 0.2) is 29.2 Å². The van der Waals surface area contributed by atoms with Crippen molar-refractivity contribution in [3.8, 4) is 0 Å².